The first-order chi connectivity index (χ1) is 10.0. The highest BCUT2D eigenvalue weighted by atomic mass is 19.2. The van der Waals surface area contributed by atoms with Crippen molar-refractivity contribution in [2.45, 2.75) is 38.1 Å². The fraction of sp³-hybridized carbons (Fsp3) is 0.533. The first-order valence-electron chi connectivity index (χ1n) is 7.09. The molecule has 6 heteroatoms. The molecule has 0 aliphatic heterocycles. The normalized spacial score (nSPS) is 22.7. The van der Waals surface area contributed by atoms with Crippen LogP contribution in [-0.4, -0.2) is 23.7 Å². The van der Waals surface area contributed by atoms with Gasteiger partial charge in [-0.25, -0.2) is 13.2 Å². The van der Waals surface area contributed by atoms with Crippen LogP contribution in [0.3, 0.4) is 0 Å². The second-order valence-electron chi connectivity index (χ2n) is 5.38. The molecule has 0 bridgehead atoms. The van der Waals surface area contributed by atoms with E-state index in [1.165, 1.54) is 0 Å². The van der Waals surface area contributed by atoms with Gasteiger partial charge in [0.1, 0.15) is 11.4 Å². The molecule has 1 aromatic carbocycles. The molecule has 116 valence electrons. The maximum Gasteiger partial charge on any atom is 0.257 e. The third-order valence-corrected chi connectivity index (χ3v) is 3.98. The third kappa shape index (κ3) is 3.56. The van der Waals surface area contributed by atoms with Crippen molar-refractivity contribution in [2.75, 3.05) is 6.61 Å². The monoisotopic (exact) mass is 301 g/mol. The lowest BCUT2D eigenvalue weighted by Gasteiger charge is -2.24. The van der Waals surface area contributed by atoms with Crippen molar-refractivity contribution >= 4 is 5.91 Å². The van der Waals surface area contributed by atoms with Gasteiger partial charge in [0.15, 0.2) is 11.6 Å². The molecule has 1 aliphatic carbocycles. The van der Waals surface area contributed by atoms with Crippen LogP contribution in [0.5, 0.6) is 0 Å². The molecule has 2 N–H and O–H groups in total. The van der Waals surface area contributed by atoms with E-state index in [-0.39, 0.29) is 18.6 Å². The number of hydrogen-bond donors (Lipinski definition) is 2. The Bertz CT molecular complexity index is 522. The quantitative estimate of drug-likeness (QED) is 0.666. The fourth-order valence-corrected chi connectivity index (χ4v) is 2.77. The summed E-state index contributed by atoms with van der Waals surface area (Å²) in [7, 11) is 0. The predicted octanol–water partition coefficient (Wildman–Crippen LogP) is 2.77. The van der Waals surface area contributed by atoms with Crippen LogP contribution in [0.1, 0.15) is 42.5 Å². The molecule has 2 atom stereocenters. The van der Waals surface area contributed by atoms with Crippen LogP contribution in [0, 0.1) is 23.4 Å². The largest absolute Gasteiger partial charge is 0.396 e. The molecule has 0 spiro atoms. The van der Waals surface area contributed by atoms with Gasteiger partial charge in [0.2, 0.25) is 0 Å². The minimum Gasteiger partial charge on any atom is -0.396 e. The van der Waals surface area contributed by atoms with Crippen molar-refractivity contribution in [1.29, 1.82) is 0 Å². The summed E-state index contributed by atoms with van der Waals surface area (Å²) in [5.74, 6) is -4.96. The maximum absolute atomic E-state index is 13.6. The average Bonchev–Trinajstić information content (AvgIpc) is 2.68. The van der Waals surface area contributed by atoms with Gasteiger partial charge in [-0.05, 0) is 25.0 Å². The molecule has 1 fully saturated rings. The van der Waals surface area contributed by atoms with Crippen LogP contribution in [0.25, 0.3) is 0 Å². The fourth-order valence-electron chi connectivity index (χ4n) is 2.77. The SMILES string of the molecule is O=C(N[C@@H]1CCCCC[C@H]1CO)c1c(F)ccc(F)c1F. The molecule has 1 aliphatic rings. The Morgan fingerprint density at radius 3 is 2.52 bits per heavy atom. The van der Waals surface area contributed by atoms with E-state index >= 15 is 0 Å². The average molecular weight is 301 g/mol. The van der Waals surface area contributed by atoms with Gasteiger partial charge < -0.3 is 10.4 Å². The van der Waals surface area contributed by atoms with E-state index in [2.05, 4.69) is 5.32 Å². The maximum atomic E-state index is 13.6. The van der Waals surface area contributed by atoms with Crippen LogP contribution in [0.2, 0.25) is 0 Å². The second-order valence-corrected chi connectivity index (χ2v) is 5.38. The number of aliphatic hydroxyl groups is 1. The summed E-state index contributed by atoms with van der Waals surface area (Å²) in [4.78, 5) is 12.0. The van der Waals surface area contributed by atoms with E-state index in [1.807, 2.05) is 0 Å². The van der Waals surface area contributed by atoms with Crippen molar-refractivity contribution in [1.82, 2.24) is 5.32 Å². The van der Waals surface area contributed by atoms with Crippen molar-refractivity contribution in [3.05, 3.63) is 35.1 Å². The molecule has 0 saturated heterocycles. The molecule has 1 amide bonds. The van der Waals surface area contributed by atoms with Gasteiger partial charge in [-0.3, -0.25) is 4.79 Å². The molecular weight excluding hydrogens is 283 g/mol. The van der Waals surface area contributed by atoms with Gasteiger partial charge in [-0.2, -0.15) is 0 Å². The van der Waals surface area contributed by atoms with E-state index in [4.69, 9.17) is 0 Å². The van der Waals surface area contributed by atoms with Gasteiger partial charge in [-0.1, -0.05) is 19.3 Å². The third-order valence-electron chi connectivity index (χ3n) is 3.98. The highest BCUT2D eigenvalue weighted by Crippen LogP contribution is 2.24. The van der Waals surface area contributed by atoms with Gasteiger partial charge >= 0.3 is 0 Å². The van der Waals surface area contributed by atoms with Crippen LogP contribution < -0.4 is 5.32 Å². The van der Waals surface area contributed by atoms with Crippen LogP contribution in [0.15, 0.2) is 12.1 Å². The summed E-state index contributed by atoms with van der Waals surface area (Å²) < 4.78 is 40.3. The molecular formula is C15H18F3NO2. The Morgan fingerprint density at radius 1 is 1.14 bits per heavy atom. The second kappa shape index (κ2) is 6.93. The number of hydrogen-bond acceptors (Lipinski definition) is 2. The van der Waals surface area contributed by atoms with Crippen molar-refractivity contribution in [3.63, 3.8) is 0 Å². The zero-order valence-electron chi connectivity index (χ0n) is 11.5. The number of amides is 1. The number of carbonyl (C=O) groups excluding carboxylic acids is 1. The van der Waals surface area contributed by atoms with Gasteiger partial charge in [0.05, 0.1) is 0 Å². The number of nitrogens with one attached hydrogen (secondary N) is 1. The number of rotatable bonds is 3. The van der Waals surface area contributed by atoms with E-state index in [0.717, 1.165) is 31.7 Å². The minimum atomic E-state index is -1.48. The molecule has 2 rings (SSSR count). The summed E-state index contributed by atoms with van der Waals surface area (Å²) in [6.45, 7) is -0.0982. The summed E-state index contributed by atoms with van der Waals surface area (Å²) >= 11 is 0. The molecule has 0 radical (unpaired) electrons. The summed E-state index contributed by atoms with van der Waals surface area (Å²) in [6.07, 6.45) is 4.19. The zero-order valence-corrected chi connectivity index (χ0v) is 11.5. The highest BCUT2D eigenvalue weighted by Gasteiger charge is 2.28. The van der Waals surface area contributed by atoms with E-state index in [9.17, 15) is 23.1 Å². The number of aliphatic hydroxyl groups excluding tert-OH is 1. The van der Waals surface area contributed by atoms with Crippen LogP contribution in [0.4, 0.5) is 13.2 Å². The summed E-state index contributed by atoms with van der Waals surface area (Å²) in [5, 5.41) is 11.9. The van der Waals surface area contributed by atoms with Gasteiger partial charge in [-0.15, -0.1) is 0 Å². The van der Waals surface area contributed by atoms with Crippen molar-refractivity contribution in [3.8, 4) is 0 Å². The van der Waals surface area contributed by atoms with Gasteiger partial charge in [0.25, 0.3) is 5.91 Å². The lowest BCUT2D eigenvalue weighted by Crippen LogP contribution is -2.41. The Balaban J connectivity index is 2.19. The summed E-state index contributed by atoms with van der Waals surface area (Å²) in [5.41, 5.74) is -0.907. The molecule has 3 nitrogen and oxygen atoms in total. The number of carbonyl (C=O) groups is 1. The molecule has 0 aromatic heterocycles. The van der Waals surface area contributed by atoms with Crippen molar-refractivity contribution < 1.29 is 23.1 Å². The number of benzene rings is 1. The lowest BCUT2D eigenvalue weighted by molar-refractivity contribution is 0.0890. The van der Waals surface area contributed by atoms with Crippen LogP contribution >= 0.6 is 0 Å². The Hall–Kier alpha value is -1.56. The topological polar surface area (TPSA) is 49.3 Å². The molecule has 0 heterocycles. The Kier molecular flexibility index (Phi) is 5.22. The first-order valence-corrected chi connectivity index (χ1v) is 7.09. The summed E-state index contributed by atoms with van der Waals surface area (Å²) in [6, 6.07) is 1.01. The Labute approximate surface area is 121 Å². The van der Waals surface area contributed by atoms with E-state index < -0.39 is 28.9 Å². The number of halogens is 3. The lowest BCUT2D eigenvalue weighted by atomic mass is 9.95. The predicted molar refractivity (Wildman–Crippen MR) is 71.2 cm³/mol. The molecule has 21 heavy (non-hydrogen) atoms. The van der Waals surface area contributed by atoms with E-state index in [1.54, 1.807) is 0 Å². The van der Waals surface area contributed by atoms with Crippen LogP contribution in [-0.2, 0) is 0 Å². The highest BCUT2D eigenvalue weighted by molar-refractivity contribution is 5.95. The Morgan fingerprint density at radius 2 is 1.81 bits per heavy atom. The standard InChI is InChI=1S/C15H18F3NO2/c16-10-6-7-11(17)14(18)13(10)15(21)19-12-5-3-1-2-4-9(12)8-20/h6-7,9,12,20H,1-5,8H2,(H,19,21)/t9-,12+/m0/s1. The van der Waals surface area contributed by atoms with Crippen molar-refractivity contribution in [2.24, 2.45) is 5.92 Å². The minimum absolute atomic E-state index is 0.0982. The molecule has 1 aromatic rings. The smallest absolute Gasteiger partial charge is 0.257 e. The van der Waals surface area contributed by atoms with E-state index in [0.29, 0.717) is 12.5 Å². The van der Waals surface area contributed by atoms with Gasteiger partial charge in [0, 0.05) is 18.6 Å². The molecule has 0 unspecified atom stereocenters. The molecule has 1 saturated carbocycles. The zero-order chi connectivity index (χ0) is 15.4. The first kappa shape index (κ1) is 15.8.